The highest BCUT2D eigenvalue weighted by Crippen LogP contribution is 2.29. The van der Waals surface area contributed by atoms with E-state index in [0.29, 0.717) is 28.8 Å². The van der Waals surface area contributed by atoms with Crippen molar-refractivity contribution in [2.24, 2.45) is 5.92 Å². The largest absolute Gasteiger partial charge is 0.494 e. The fraction of sp³-hybridized carbons (Fsp3) is 0.333. The molecule has 1 aromatic carbocycles. The van der Waals surface area contributed by atoms with E-state index >= 15 is 0 Å². The summed E-state index contributed by atoms with van der Waals surface area (Å²) in [5.74, 6) is 1.07. The summed E-state index contributed by atoms with van der Waals surface area (Å²) < 4.78 is 6.88. The van der Waals surface area contributed by atoms with Crippen LogP contribution >= 0.6 is 11.6 Å². The molecule has 5 heteroatoms. The van der Waals surface area contributed by atoms with Crippen LogP contribution in [0.2, 0.25) is 5.15 Å². The Labute approximate surface area is 123 Å². The van der Waals surface area contributed by atoms with Crippen LogP contribution in [0.1, 0.15) is 25.1 Å². The second kappa shape index (κ2) is 5.98. The van der Waals surface area contributed by atoms with Crippen molar-refractivity contribution in [3.8, 4) is 17.5 Å². The van der Waals surface area contributed by atoms with Crippen molar-refractivity contribution in [1.82, 2.24) is 9.78 Å². The van der Waals surface area contributed by atoms with E-state index in [-0.39, 0.29) is 0 Å². The third-order valence-electron chi connectivity index (χ3n) is 2.93. The van der Waals surface area contributed by atoms with Gasteiger partial charge in [-0.15, -0.1) is 0 Å². The first-order valence-electron chi connectivity index (χ1n) is 6.39. The molecule has 0 aliphatic heterocycles. The molecule has 0 saturated carbocycles. The summed E-state index contributed by atoms with van der Waals surface area (Å²) in [5.41, 5.74) is 1.89. The molecule has 20 heavy (non-hydrogen) atoms. The minimum atomic E-state index is 0.327. The van der Waals surface area contributed by atoms with Gasteiger partial charge in [-0.2, -0.15) is 10.4 Å². The number of hydrogen-bond donors (Lipinski definition) is 0. The van der Waals surface area contributed by atoms with Crippen molar-refractivity contribution < 1.29 is 4.74 Å². The van der Waals surface area contributed by atoms with E-state index in [1.54, 1.807) is 11.8 Å². The number of para-hydroxylation sites is 2. The van der Waals surface area contributed by atoms with E-state index in [0.717, 1.165) is 11.4 Å². The number of nitrogens with zero attached hydrogens (tertiary/aromatic N) is 3. The maximum absolute atomic E-state index is 9.28. The number of aromatic nitrogens is 2. The summed E-state index contributed by atoms with van der Waals surface area (Å²) in [6.07, 6.45) is 0.713. The Morgan fingerprint density at radius 2 is 2.10 bits per heavy atom. The number of halogens is 1. The molecule has 4 nitrogen and oxygen atoms in total. The number of methoxy groups -OCH3 is 1. The van der Waals surface area contributed by atoms with Crippen LogP contribution in [0.3, 0.4) is 0 Å². The van der Waals surface area contributed by atoms with Crippen LogP contribution in [0.15, 0.2) is 24.3 Å². The van der Waals surface area contributed by atoms with Gasteiger partial charge in [-0.1, -0.05) is 37.6 Å². The molecule has 0 saturated heterocycles. The first-order chi connectivity index (χ1) is 9.58. The van der Waals surface area contributed by atoms with Gasteiger partial charge in [0, 0.05) is 0 Å². The molecular formula is C15H16ClN3O. The van der Waals surface area contributed by atoms with Crippen molar-refractivity contribution in [2.75, 3.05) is 7.11 Å². The van der Waals surface area contributed by atoms with Gasteiger partial charge in [0.2, 0.25) is 0 Å². The smallest absolute Gasteiger partial charge is 0.151 e. The van der Waals surface area contributed by atoms with Crippen LogP contribution in [0.5, 0.6) is 5.75 Å². The monoisotopic (exact) mass is 289 g/mol. The van der Waals surface area contributed by atoms with Crippen molar-refractivity contribution >= 4 is 11.6 Å². The van der Waals surface area contributed by atoms with Crippen molar-refractivity contribution in [2.45, 2.75) is 20.3 Å². The number of ether oxygens (including phenoxy) is 1. The average molecular weight is 290 g/mol. The number of benzene rings is 1. The molecule has 0 spiro atoms. The molecule has 0 aliphatic carbocycles. The lowest BCUT2D eigenvalue weighted by molar-refractivity contribution is 0.411. The lowest BCUT2D eigenvalue weighted by Gasteiger charge is -2.08. The summed E-state index contributed by atoms with van der Waals surface area (Å²) in [5, 5.41) is 14.1. The zero-order chi connectivity index (χ0) is 14.7. The second-order valence-corrected chi connectivity index (χ2v) is 5.26. The minimum Gasteiger partial charge on any atom is -0.494 e. The Kier molecular flexibility index (Phi) is 4.31. The van der Waals surface area contributed by atoms with E-state index in [9.17, 15) is 5.26 Å². The maximum atomic E-state index is 9.28. The van der Waals surface area contributed by atoms with Gasteiger partial charge >= 0.3 is 0 Å². The molecule has 0 radical (unpaired) electrons. The molecule has 0 atom stereocenters. The zero-order valence-electron chi connectivity index (χ0n) is 11.7. The normalized spacial score (nSPS) is 10.6. The fourth-order valence-corrected chi connectivity index (χ4v) is 2.32. The highest BCUT2D eigenvalue weighted by atomic mass is 35.5. The summed E-state index contributed by atoms with van der Waals surface area (Å²) in [6.45, 7) is 4.16. The molecular weight excluding hydrogens is 274 g/mol. The summed E-state index contributed by atoms with van der Waals surface area (Å²) in [6, 6.07) is 9.59. The van der Waals surface area contributed by atoms with Crippen LogP contribution < -0.4 is 4.74 Å². The Bertz CT molecular complexity index is 656. The number of rotatable bonds is 4. The third kappa shape index (κ3) is 2.63. The average Bonchev–Trinajstić information content (AvgIpc) is 2.74. The molecule has 1 heterocycles. The Morgan fingerprint density at radius 1 is 1.40 bits per heavy atom. The first-order valence-corrected chi connectivity index (χ1v) is 6.77. The quantitative estimate of drug-likeness (QED) is 0.864. The van der Waals surface area contributed by atoms with Gasteiger partial charge < -0.3 is 4.74 Å². The van der Waals surface area contributed by atoms with Crippen LogP contribution in [-0.4, -0.2) is 16.9 Å². The van der Waals surface area contributed by atoms with Gasteiger partial charge in [0.15, 0.2) is 5.15 Å². The molecule has 0 N–H and O–H groups in total. The number of nitriles is 1. The van der Waals surface area contributed by atoms with E-state index in [1.165, 1.54) is 0 Å². The Morgan fingerprint density at radius 3 is 2.70 bits per heavy atom. The fourth-order valence-electron chi connectivity index (χ4n) is 2.04. The van der Waals surface area contributed by atoms with Crippen LogP contribution in [-0.2, 0) is 6.42 Å². The van der Waals surface area contributed by atoms with Gasteiger partial charge in [-0.3, -0.25) is 0 Å². The maximum Gasteiger partial charge on any atom is 0.151 e. The molecule has 2 aromatic rings. The van der Waals surface area contributed by atoms with Crippen LogP contribution in [0.25, 0.3) is 5.69 Å². The lowest BCUT2D eigenvalue weighted by Crippen LogP contribution is -2.01. The molecule has 0 bridgehead atoms. The highest BCUT2D eigenvalue weighted by Gasteiger charge is 2.19. The molecule has 0 aliphatic rings. The highest BCUT2D eigenvalue weighted by molar-refractivity contribution is 6.31. The minimum absolute atomic E-state index is 0.327. The van der Waals surface area contributed by atoms with Crippen molar-refractivity contribution in [3.63, 3.8) is 0 Å². The van der Waals surface area contributed by atoms with E-state index in [4.69, 9.17) is 16.3 Å². The van der Waals surface area contributed by atoms with Gasteiger partial charge in [-0.05, 0) is 24.5 Å². The first kappa shape index (κ1) is 14.4. The van der Waals surface area contributed by atoms with Gasteiger partial charge in [0.25, 0.3) is 0 Å². The standard InChI is InChI=1S/C15H16ClN3O/c1-10(2)8-12-11(9-17)15(16)19(18-12)13-6-4-5-7-14(13)20-3/h4-7,10H,8H2,1-3H3. The molecule has 2 rings (SSSR count). The van der Waals surface area contributed by atoms with Crippen LogP contribution in [0, 0.1) is 17.2 Å². The van der Waals surface area contributed by atoms with E-state index in [1.807, 2.05) is 24.3 Å². The third-order valence-corrected chi connectivity index (χ3v) is 3.28. The predicted molar refractivity (Wildman–Crippen MR) is 78.4 cm³/mol. The molecule has 104 valence electrons. The summed E-state index contributed by atoms with van der Waals surface area (Å²) in [4.78, 5) is 0. The topological polar surface area (TPSA) is 50.8 Å². The van der Waals surface area contributed by atoms with Gasteiger partial charge in [0.05, 0.1) is 12.8 Å². The predicted octanol–water partition coefficient (Wildman–Crippen LogP) is 3.60. The molecule has 0 fully saturated rings. The van der Waals surface area contributed by atoms with E-state index in [2.05, 4.69) is 25.0 Å². The van der Waals surface area contributed by atoms with E-state index < -0.39 is 0 Å². The molecule has 1 aromatic heterocycles. The molecule has 0 amide bonds. The molecule has 0 unspecified atom stereocenters. The summed E-state index contributed by atoms with van der Waals surface area (Å²) >= 11 is 6.30. The Balaban J connectivity index is 2.58. The zero-order valence-corrected chi connectivity index (χ0v) is 12.5. The van der Waals surface area contributed by atoms with Crippen molar-refractivity contribution in [3.05, 3.63) is 40.7 Å². The van der Waals surface area contributed by atoms with Gasteiger partial charge in [-0.25, -0.2) is 4.68 Å². The SMILES string of the molecule is COc1ccccc1-n1nc(CC(C)C)c(C#N)c1Cl. The summed E-state index contributed by atoms with van der Waals surface area (Å²) in [7, 11) is 1.59. The van der Waals surface area contributed by atoms with Gasteiger partial charge in [0.1, 0.15) is 23.1 Å². The van der Waals surface area contributed by atoms with Crippen molar-refractivity contribution in [1.29, 1.82) is 5.26 Å². The van der Waals surface area contributed by atoms with Crippen LogP contribution in [0.4, 0.5) is 0 Å². The number of hydrogen-bond acceptors (Lipinski definition) is 3. The second-order valence-electron chi connectivity index (χ2n) is 4.91. The lowest BCUT2D eigenvalue weighted by atomic mass is 10.1. The Hall–Kier alpha value is -1.99.